The van der Waals surface area contributed by atoms with E-state index in [1.807, 2.05) is 0 Å². The van der Waals surface area contributed by atoms with Crippen LogP contribution in [0.4, 0.5) is 5.95 Å². The lowest BCUT2D eigenvalue weighted by molar-refractivity contribution is -0.0115. The molecule has 23 heavy (non-hydrogen) atoms. The van der Waals surface area contributed by atoms with E-state index < -0.39 is 31.8 Å². The molecule has 3 rings (SSSR count). The Morgan fingerprint density at radius 1 is 1.57 bits per heavy atom. The van der Waals surface area contributed by atoms with Crippen molar-refractivity contribution < 1.29 is 23.6 Å². The van der Waals surface area contributed by atoms with Crippen molar-refractivity contribution in [1.82, 2.24) is 19.5 Å². The maximum Gasteiger partial charge on any atom is 0.469 e. The Morgan fingerprint density at radius 3 is 2.96 bits per heavy atom. The number of aromatic nitrogens is 4. The van der Waals surface area contributed by atoms with Gasteiger partial charge in [0.05, 0.1) is 12.4 Å². The minimum Gasteiger partial charge on any atom is -0.369 e. The van der Waals surface area contributed by atoms with E-state index in [0.717, 1.165) is 0 Å². The van der Waals surface area contributed by atoms with Gasteiger partial charge in [-0.2, -0.15) is 4.98 Å². The fourth-order valence-electron chi connectivity index (χ4n) is 2.52. The molecule has 0 unspecified atom stereocenters. The number of aromatic amines is 1. The van der Waals surface area contributed by atoms with Crippen LogP contribution in [0.1, 0.15) is 12.6 Å². The van der Waals surface area contributed by atoms with Crippen LogP contribution in [-0.2, 0) is 13.8 Å². The number of phosphoric ester groups is 1. The lowest BCUT2D eigenvalue weighted by Gasteiger charge is -2.16. The Bertz CT molecular complexity index is 829. The van der Waals surface area contributed by atoms with Gasteiger partial charge in [-0.1, -0.05) is 0 Å². The number of phosphoric acid groups is 1. The molecule has 13 heteroatoms. The van der Waals surface area contributed by atoms with Crippen molar-refractivity contribution in [1.29, 1.82) is 0 Å². The highest BCUT2D eigenvalue weighted by atomic mass is 31.2. The molecule has 12 nitrogen and oxygen atoms in total. The highest BCUT2D eigenvalue weighted by molar-refractivity contribution is 7.46. The highest BCUT2D eigenvalue weighted by Gasteiger charge is 2.40. The van der Waals surface area contributed by atoms with Crippen LogP contribution >= 0.6 is 7.82 Å². The van der Waals surface area contributed by atoms with Gasteiger partial charge in [-0.3, -0.25) is 18.9 Å². The van der Waals surface area contributed by atoms with Crippen molar-refractivity contribution in [2.45, 2.75) is 24.9 Å². The molecule has 0 spiro atoms. The van der Waals surface area contributed by atoms with Crippen LogP contribution in [0.15, 0.2) is 11.1 Å². The number of nitrogens with two attached hydrogens (primary N) is 2. The van der Waals surface area contributed by atoms with Gasteiger partial charge in [0.15, 0.2) is 11.2 Å². The Balaban J connectivity index is 1.94. The van der Waals surface area contributed by atoms with E-state index in [1.165, 1.54) is 10.9 Å². The molecule has 3 atom stereocenters. The van der Waals surface area contributed by atoms with E-state index in [1.54, 1.807) is 0 Å². The van der Waals surface area contributed by atoms with Crippen LogP contribution in [0, 0.1) is 0 Å². The Hall–Kier alpha value is -1.82. The number of ether oxygens (including phenoxy) is 1. The van der Waals surface area contributed by atoms with Crippen molar-refractivity contribution in [2.24, 2.45) is 5.73 Å². The van der Waals surface area contributed by atoms with Crippen molar-refractivity contribution in [3.05, 3.63) is 16.7 Å². The number of imidazole rings is 1. The zero-order valence-electron chi connectivity index (χ0n) is 11.7. The van der Waals surface area contributed by atoms with Gasteiger partial charge < -0.3 is 26.0 Å². The number of H-pyrrole nitrogens is 1. The molecule has 1 aliphatic heterocycles. The topological polar surface area (TPSA) is 192 Å². The van der Waals surface area contributed by atoms with Gasteiger partial charge in [-0.25, -0.2) is 9.55 Å². The van der Waals surface area contributed by atoms with Crippen LogP contribution < -0.4 is 17.0 Å². The fourth-order valence-corrected chi connectivity index (χ4v) is 3.10. The van der Waals surface area contributed by atoms with Crippen LogP contribution in [0.5, 0.6) is 0 Å². The third-order valence-electron chi connectivity index (χ3n) is 3.45. The first-order valence-electron chi connectivity index (χ1n) is 6.60. The van der Waals surface area contributed by atoms with Gasteiger partial charge in [-0.05, 0) is 0 Å². The summed E-state index contributed by atoms with van der Waals surface area (Å²) >= 11 is 0. The van der Waals surface area contributed by atoms with Crippen molar-refractivity contribution in [2.75, 3.05) is 12.3 Å². The summed E-state index contributed by atoms with van der Waals surface area (Å²) in [6.07, 6.45) is -0.872. The second-order valence-corrected chi connectivity index (χ2v) is 6.20. The summed E-state index contributed by atoms with van der Waals surface area (Å²) in [6, 6.07) is 0. The molecule has 2 aromatic rings. The van der Waals surface area contributed by atoms with Gasteiger partial charge in [0.2, 0.25) is 5.95 Å². The lowest BCUT2D eigenvalue weighted by Crippen LogP contribution is -2.31. The maximum atomic E-state index is 11.8. The van der Waals surface area contributed by atoms with Gasteiger partial charge in [-0.15, -0.1) is 0 Å². The predicted octanol–water partition coefficient (Wildman–Crippen LogP) is -1.57. The summed E-state index contributed by atoms with van der Waals surface area (Å²) < 4.78 is 22.8. The molecule has 0 radical (unpaired) electrons. The summed E-state index contributed by atoms with van der Waals surface area (Å²) in [5.74, 6) is -0.0827. The Kier molecular flexibility index (Phi) is 3.96. The minimum atomic E-state index is -4.68. The van der Waals surface area contributed by atoms with Crippen LogP contribution in [-0.4, -0.2) is 48.1 Å². The number of anilines is 1. The first-order valence-corrected chi connectivity index (χ1v) is 8.13. The summed E-state index contributed by atoms with van der Waals surface area (Å²) in [5, 5.41) is 0. The van der Waals surface area contributed by atoms with E-state index in [2.05, 4.69) is 15.0 Å². The number of hydrogen-bond donors (Lipinski definition) is 5. The third kappa shape index (κ3) is 3.13. The number of hydrogen-bond acceptors (Lipinski definition) is 8. The number of nitrogens with zero attached hydrogens (tertiary/aromatic N) is 3. The molecule has 7 N–H and O–H groups in total. The first-order chi connectivity index (χ1) is 10.8. The number of nitrogens with one attached hydrogen (secondary N) is 1. The summed E-state index contributed by atoms with van der Waals surface area (Å²) in [6.45, 7) is 0.00392. The fraction of sp³-hybridized carbons (Fsp3) is 0.500. The van der Waals surface area contributed by atoms with E-state index in [-0.39, 0.29) is 30.1 Å². The van der Waals surface area contributed by atoms with Crippen LogP contribution in [0.3, 0.4) is 0 Å². The van der Waals surface area contributed by atoms with E-state index in [4.69, 9.17) is 30.5 Å². The molecule has 1 fully saturated rings. The molecular formula is C10H15N6O6P. The molecule has 126 valence electrons. The Morgan fingerprint density at radius 2 is 2.30 bits per heavy atom. The van der Waals surface area contributed by atoms with Crippen molar-refractivity contribution >= 4 is 24.9 Å². The van der Waals surface area contributed by atoms with E-state index in [9.17, 15) is 9.36 Å². The molecule has 0 aliphatic carbocycles. The molecule has 0 saturated carbocycles. The smallest absolute Gasteiger partial charge is 0.369 e. The van der Waals surface area contributed by atoms with E-state index in [0.29, 0.717) is 0 Å². The molecular weight excluding hydrogens is 331 g/mol. The lowest BCUT2D eigenvalue weighted by atomic mass is 10.2. The molecule has 2 aromatic heterocycles. The van der Waals surface area contributed by atoms with Crippen molar-refractivity contribution in [3.8, 4) is 0 Å². The predicted molar refractivity (Wildman–Crippen MR) is 77.1 cm³/mol. The second-order valence-electron chi connectivity index (χ2n) is 5.01. The number of nitrogen functional groups attached to an aromatic ring is 1. The van der Waals surface area contributed by atoms with Crippen LogP contribution in [0.2, 0.25) is 0 Å². The Labute approximate surface area is 128 Å². The third-order valence-corrected chi connectivity index (χ3v) is 3.99. The molecule has 3 heterocycles. The highest BCUT2D eigenvalue weighted by Crippen LogP contribution is 2.43. The second kappa shape index (κ2) is 5.67. The average molecular weight is 346 g/mol. The maximum absolute atomic E-state index is 11.8. The average Bonchev–Trinajstić information content (AvgIpc) is 3.00. The zero-order chi connectivity index (χ0) is 16.8. The van der Waals surface area contributed by atoms with Crippen molar-refractivity contribution in [3.63, 3.8) is 0 Å². The number of rotatable bonds is 4. The largest absolute Gasteiger partial charge is 0.469 e. The monoisotopic (exact) mass is 346 g/mol. The SMILES string of the molecule is NC[C@H]1O[C@@H](n2cnc3c(=O)[nH]c(N)nc32)C[C@@H]1OP(=O)(O)O. The summed E-state index contributed by atoms with van der Waals surface area (Å²) in [5.41, 5.74) is 10.8. The van der Waals surface area contributed by atoms with Gasteiger partial charge in [0, 0.05) is 13.0 Å². The summed E-state index contributed by atoms with van der Waals surface area (Å²) in [7, 11) is -4.68. The van der Waals surface area contributed by atoms with Gasteiger partial charge >= 0.3 is 7.82 Å². The summed E-state index contributed by atoms with van der Waals surface area (Å²) in [4.78, 5) is 39.9. The molecule has 0 aromatic carbocycles. The van der Waals surface area contributed by atoms with Gasteiger partial charge in [0.25, 0.3) is 5.56 Å². The van der Waals surface area contributed by atoms with Crippen LogP contribution in [0.25, 0.3) is 11.2 Å². The normalized spacial score (nSPS) is 25.3. The molecule has 1 aliphatic rings. The molecule has 1 saturated heterocycles. The molecule has 0 bridgehead atoms. The first kappa shape index (κ1) is 16.1. The zero-order valence-corrected chi connectivity index (χ0v) is 12.6. The van der Waals surface area contributed by atoms with E-state index >= 15 is 0 Å². The quantitative estimate of drug-likeness (QED) is 0.404. The minimum absolute atomic E-state index is 0.00392. The standard InChI is InChI=1S/C10H15N6O6P/c11-2-5-4(22-23(18,19)20)1-6(21-5)16-3-13-7-8(16)14-10(12)15-9(7)17/h3-6H,1-2,11H2,(H2,18,19,20)(H3,12,14,15,17)/t4-,5+,6+/m0/s1. The van der Waals surface area contributed by atoms with Gasteiger partial charge in [0.1, 0.15) is 12.3 Å². The number of fused-ring (bicyclic) bond motifs is 1. The molecule has 0 amide bonds.